The molecule has 2 aliphatic rings. The number of nitrogens with two attached hydrogens (primary N) is 2. The van der Waals surface area contributed by atoms with Gasteiger partial charge in [0.05, 0.1) is 6.61 Å². The average Bonchev–Trinajstić information content (AvgIpc) is 3.93. The minimum absolute atomic E-state index is 0.0382. The van der Waals surface area contributed by atoms with Gasteiger partial charge in [0.2, 0.25) is 23.6 Å². The number of urea groups is 1. The molecular weight excluding hydrogens is 638 g/mol. The molecule has 0 aromatic heterocycles. The van der Waals surface area contributed by atoms with Crippen molar-refractivity contribution in [3.05, 3.63) is 48.0 Å². The minimum Gasteiger partial charge on any atom is -0.481 e. The monoisotopic (exact) mass is 681 g/mol. The van der Waals surface area contributed by atoms with Gasteiger partial charge in [-0.25, -0.2) is 4.79 Å². The van der Waals surface area contributed by atoms with Crippen LogP contribution in [0.25, 0.3) is 10.8 Å². The second-order valence-electron chi connectivity index (χ2n) is 12.2. The van der Waals surface area contributed by atoms with Gasteiger partial charge in [-0.2, -0.15) is 0 Å². The van der Waals surface area contributed by atoms with Gasteiger partial charge in [-0.15, -0.1) is 0 Å². The van der Waals surface area contributed by atoms with Gasteiger partial charge in [-0.1, -0.05) is 42.5 Å². The van der Waals surface area contributed by atoms with Gasteiger partial charge in [0.15, 0.2) is 6.10 Å². The number of aliphatic carboxylic acids is 1. The highest BCUT2D eigenvalue weighted by Crippen LogP contribution is 2.22. The maximum atomic E-state index is 13.9. The second-order valence-corrected chi connectivity index (χ2v) is 12.2. The summed E-state index contributed by atoms with van der Waals surface area (Å²) in [4.78, 5) is 89.8. The fraction of sp³-hybridized carbons (Fsp3) is 0.485. The molecule has 49 heavy (non-hydrogen) atoms. The van der Waals surface area contributed by atoms with E-state index in [4.69, 9.17) is 16.2 Å². The molecule has 4 rings (SSSR count). The van der Waals surface area contributed by atoms with Crippen molar-refractivity contribution < 1.29 is 43.4 Å². The summed E-state index contributed by atoms with van der Waals surface area (Å²) in [5.74, 6) is -4.41. The molecule has 0 radical (unpaired) electrons. The first kappa shape index (κ1) is 36.6. The predicted molar refractivity (Wildman–Crippen MR) is 175 cm³/mol. The van der Waals surface area contributed by atoms with Crippen LogP contribution in [0.5, 0.6) is 0 Å². The van der Waals surface area contributed by atoms with E-state index in [0.717, 1.165) is 16.3 Å². The molecular formula is C33H43N7O9. The maximum absolute atomic E-state index is 13.9. The Kier molecular flexibility index (Phi) is 12.9. The van der Waals surface area contributed by atoms with Gasteiger partial charge < -0.3 is 47.5 Å². The van der Waals surface area contributed by atoms with Crippen LogP contribution in [0.4, 0.5) is 4.79 Å². The Bertz CT molecular complexity index is 1560. The Morgan fingerprint density at radius 3 is 2.27 bits per heavy atom. The average molecular weight is 682 g/mol. The number of primary amides is 2. The summed E-state index contributed by atoms with van der Waals surface area (Å²) in [5, 5.41) is 21.5. The summed E-state index contributed by atoms with van der Waals surface area (Å²) in [5.41, 5.74) is 11.4. The number of benzene rings is 2. The van der Waals surface area contributed by atoms with Crippen LogP contribution in [-0.2, 0) is 39.9 Å². The minimum atomic E-state index is -1.20. The number of carboxylic acids is 1. The molecule has 2 aromatic carbocycles. The van der Waals surface area contributed by atoms with Gasteiger partial charge in [0.1, 0.15) is 24.2 Å². The summed E-state index contributed by atoms with van der Waals surface area (Å²) in [6.07, 6.45) is 0.581. The highest BCUT2D eigenvalue weighted by molar-refractivity contribution is 5.96. The number of ether oxygens (including phenoxy) is 1. The second kappa shape index (κ2) is 17.2. The standard InChI is InChI=1S/C33H43N7O9/c34-28(43)22(8-5-14-36-33(35)48)37-29(44)24(17-19-10-11-20-6-1-2-7-21(20)16-19)39-30(45)25-9-3-4-15-40(25)32(47)23(12-13-27(41)42)38-31(46)26-18-49-26/h1-2,6-7,10-11,16,22-26H,3-5,8-9,12-15,17-18H2,(H2,34,43)(H,37,44)(H,38,46)(H,39,45)(H,41,42)(H3,35,36,48)/t22?,23?,24?,25-,26?/m0/s1. The number of carbonyl (C=O) groups excluding carboxylic acids is 6. The third-order valence-electron chi connectivity index (χ3n) is 8.49. The number of nitrogens with zero attached hydrogens (tertiary/aromatic N) is 1. The van der Waals surface area contributed by atoms with Gasteiger partial charge in [0.25, 0.3) is 5.91 Å². The van der Waals surface area contributed by atoms with E-state index in [9.17, 15) is 38.7 Å². The van der Waals surface area contributed by atoms with Gasteiger partial charge >= 0.3 is 12.0 Å². The lowest BCUT2D eigenvalue weighted by Gasteiger charge is -2.37. The van der Waals surface area contributed by atoms with E-state index < -0.39 is 71.8 Å². The highest BCUT2D eigenvalue weighted by atomic mass is 16.6. The van der Waals surface area contributed by atoms with Crippen molar-refractivity contribution in [1.82, 2.24) is 26.2 Å². The van der Waals surface area contributed by atoms with Crippen LogP contribution in [0.2, 0.25) is 0 Å². The molecule has 5 atom stereocenters. The van der Waals surface area contributed by atoms with Crippen LogP contribution < -0.4 is 32.7 Å². The molecule has 9 N–H and O–H groups in total. The molecule has 2 aliphatic heterocycles. The quantitative estimate of drug-likeness (QED) is 0.0831. The van der Waals surface area contributed by atoms with Crippen LogP contribution in [-0.4, -0.2) is 102 Å². The molecule has 2 saturated heterocycles. The third kappa shape index (κ3) is 10.9. The molecule has 0 bridgehead atoms. The Balaban J connectivity index is 1.54. The molecule has 16 heteroatoms. The molecule has 2 fully saturated rings. The lowest BCUT2D eigenvalue weighted by atomic mass is 9.97. The number of hydrogen-bond acceptors (Lipinski definition) is 8. The number of likely N-dealkylation sites (tertiary alicyclic amines) is 1. The van der Waals surface area contributed by atoms with Crippen LogP contribution in [0.3, 0.4) is 0 Å². The van der Waals surface area contributed by atoms with Crippen molar-refractivity contribution in [2.75, 3.05) is 19.7 Å². The summed E-state index contributed by atoms with van der Waals surface area (Å²) >= 11 is 0. The third-order valence-corrected chi connectivity index (χ3v) is 8.49. The number of amides is 7. The molecule has 264 valence electrons. The number of fused-ring (bicyclic) bond motifs is 1. The largest absolute Gasteiger partial charge is 0.481 e. The molecule has 0 saturated carbocycles. The SMILES string of the molecule is NC(=O)NCCCC(NC(=O)C(Cc1ccc2ccccc2c1)NC(=O)[C@@H]1CCCCN1C(=O)C(CCC(=O)O)NC(=O)C1CO1)C(N)=O. The Morgan fingerprint density at radius 1 is 0.878 bits per heavy atom. The molecule has 4 unspecified atom stereocenters. The molecule has 0 spiro atoms. The number of rotatable bonds is 17. The highest BCUT2D eigenvalue weighted by Gasteiger charge is 2.40. The van der Waals surface area contributed by atoms with Crippen LogP contribution in [0, 0.1) is 0 Å². The number of nitrogens with one attached hydrogen (secondary N) is 4. The van der Waals surface area contributed by atoms with Crippen molar-refractivity contribution >= 4 is 52.3 Å². The van der Waals surface area contributed by atoms with E-state index in [1.54, 1.807) is 0 Å². The summed E-state index contributed by atoms with van der Waals surface area (Å²) in [7, 11) is 0. The van der Waals surface area contributed by atoms with E-state index in [1.165, 1.54) is 4.90 Å². The summed E-state index contributed by atoms with van der Waals surface area (Å²) < 4.78 is 4.99. The Morgan fingerprint density at radius 2 is 1.59 bits per heavy atom. The first-order chi connectivity index (χ1) is 23.4. The van der Waals surface area contributed by atoms with E-state index in [2.05, 4.69) is 21.3 Å². The maximum Gasteiger partial charge on any atom is 0.312 e. The molecule has 7 amide bonds. The predicted octanol–water partition coefficient (Wildman–Crippen LogP) is -0.585. The van der Waals surface area contributed by atoms with Crippen LogP contribution >= 0.6 is 0 Å². The molecule has 2 heterocycles. The zero-order chi connectivity index (χ0) is 35.5. The zero-order valence-corrected chi connectivity index (χ0v) is 27.0. The molecule has 16 nitrogen and oxygen atoms in total. The van der Waals surface area contributed by atoms with Crippen molar-refractivity contribution in [1.29, 1.82) is 0 Å². The Labute approximate surface area is 282 Å². The first-order valence-electron chi connectivity index (χ1n) is 16.3. The Hall–Kier alpha value is -5.25. The van der Waals surface area contributed by atoms with E-state index in [0.29, 0.717) is 12.8 Å². The number of hydrogen-bond donors (Lipinski definition) is 7. The number of piperidine rings is 1. The molecule has 2 aromatic rings. The zero-order valence-electron chi connectivity index (χ0n) is 27.0. The van der Waals surface area contributed by atoms with Crippen LogP contribution in [0.15, 0.2) is 42.5 Å². The summed E-state index contributed by atoms with van der Waals surface area (Å²) in [6, 6.07) is 7.98. The van der Waals surface area contributed by atoms with Crippen LogP contribution in [0.1, 0.15) is 50.5 Å². The normalized spacial score (nSPS) is 18.7. The first-order valence-corrected chi connectivity index (χ1v) is 16.3. The van der Waals surface area contributed by atoms with Crippen molar-refractivity contribution in [3.63, 3.8) is 0 Å². The smallest absolute Gasteiger partial charge is 0.312 e. The van der Waals surface area contributed by atoms with Gasteiger partial charge in [-0.3, -0.25) is 28.8 Å². The van der Waals surface area contributed by atoms with Crippen molar-refractivity contribution in [3.8, 4) is 0 Å². The van der Waals surface area contributed by atoms with E-state index in [-0.39, 0.29) is 58.2 Å². The van der Waals surface area contributed by atoms with Crippen molar-refractivity contribution in [2.24, 2.45) is 11.5 Å². The van der Waals surface area contributed by atoms with Crippen molar-refractivity contribution in [2.45, 2.75) is 81.6 Å². The number of carboxylic acid groups (broad SMARTS) is 1. The topological polar surface area (TPSA) is 256 Å². The number of epoxide rings is 1. The number of carbonyl (C=O) groups is 7. The van der Waals surface area contributed by atoms with E-state index >= 15 is 0 Å². The van der Waals surface area contributed by atoms with E-state index in [1.807, 2.05) is 42.5 Å². The van der Waals surface area contributed by atoms with Gasteiger partial charge in [0, 0.05) is 25.9 Å². The lowest BCUT2D eigenvalue weighted by molar-refractivity contribution is -0.146. The van der Waals surface area contributed by atoms with Gasteiger partial charge in [-0.05, 0) is 54.9 Å². The fourth-order valence-electron chi connectivity index (χ4n) is 5.81. The molecule has 0 aliphatic carbocycles. The fourth-order valence-corrected chi connectivity index (χ4v) is 5.81. The summed E-state index contributed by atoms with van der Waals surface area (Å²) in [6.45, 7) is 0.530. The lowest BCUT2D eigenvalue weighted by Crippen LogP contribution is -2.60.